The normalized spacial score (nSPS) is 11.1. The van der Waals surface area contributed by atoms with Crippen LogP contribution in [0.1, 0.15) is 25.2 Å². The number of nitrogens with zero attached hydrogens (tertiary/aromatic N) is 3. The summed E-state index contributed by atoms with van der Waals surface area (Å²) in [5.74, 6) is 4.80. The van der Waals surface area contributed by atoms with Gasteiger partial charge in [0.25, 0.3) is 5.56 Å². The van der Waals surface area contributed by atoms with E-state index in [4.69, 9.17) is 20.9 Å². The van der Waals surface area contributed by atoms with Crippen molar-refractivity contribution in [3.63, 3.8) is 0 Å². The van der Waals surface area contributed by atoms with Crippen molar-refractivity contribution in [1.82, 2.24) is 9.55 Å². The van der Waals surface area contributed by atoms with Crippen molar-refractivity contribution in [2.24, 2.45) is 22.4 Å². The molecule has 1 aromatic heterocycles. The second-order valence-corrected chi connectivity index (χ2v) is 7.80. The Labute approximate surface area is 215 Å². The van der Waals surface area contributed by atoms with Crippen LogP contribution < -0.4 is 27.6 Å². The first-order valence-corrected chi connectivity index (χ1v) is 11.8. The van der Waals surface area contributed by atoms with E-state index in [1.165, 1.54) is 0 Å². The fourth-order valence-electron chi connectivity index (χ4n) is 3.43. The van der Waals surface area contributed by atoms with Gasteiger partial charge in [0.2, 0.25) is 5.96 Å². The Morgan fingerprint density at radius 3 is 2.30 bits per heavy atom. The lowest BCUT2D eigenvalue weighted by molar-refractivity contribution is -0.149. The number of ether oxygens (including phenoxy) is 2. The molecule has 0 fully saturated rings. The number of hydrogen-bond acceptors (Lipinski definition) is 7. The lowest BCUT2D eigenvalue weighted by Gasteiger charge is -2.14. The molecule has 0 aliphatic carbocycles. The monoisotopic (exact) mass is 510 g/mol. The van der Waals surface area contributed by atoms with Crippen molar-refractivity contribution in [2.75, 3.05) is 13.2 Å². The van der Waals surface area contributed by atoms with Crippen LogP contribution in [-0.2, 0) is 28.9 Å². The molecule has 3 rings (SSSR count). The van der Waals surface area contributed by atoms with Crippen LogP contribution in [0.4, 0.5) is 0 Å². The minimum Gasteiger partial charge on any atom is -0.492 e. The summed E-state index contributed by atoms with van der Waals surface area (Å²) in [6.45, 7) is 4.79. The van der Waals surface area contributed by atoms with Gasteiger partial charge in [-0.2, -0.15) is 0 Å². The predicted octanol–water partition coefficient (Wildman–Crippen LogP) is 1.72. The van der Waals surface area contributed by atoms with Gasteiger partial charge in [-0.3, -0.25) is 9.36 Å². The number of carbonyl (C=O) groups is 1. The highest BCUT2D eigenvalue weighted by atomic mass is 16.5. The first kappa shape index (κ1) is 28.9. The Morgan fingerprint density at radius 2 is 1.76 bits per heavy atom. The number of hydrogen-bond donors (Lipinski definition) is 4. The highest BCUT2D eigenvalue weighted by molar-refractivity contribution is 5.75. The number of nitrogens with two attached hydrogens (primary N) is 3. The van der Waals surface area contributed by atoms with E-state index >= 15 is 0 Å². The van der Waals surface area contributed by atoms with Crippen LogP contribution in [0.2, 0.25) is 0 Å². The quantitative estimate of drug-likeness (QED) is 0.129. The van der Waals surface area contributed by atoms with Gasteiger partial charge in [0.1, 0.15) is 18.2 Å². The molecular weight excluding hydrogens is 476 g/mol. The second-order valence-electron chi connectivity index (χ2n) is 7.80. The molecule has 11 heteroatoms. The Hall–Kier alpha value is -4.38. The minimum atomic E-state index is -0.976. The van der Waals surface area contributed by atoms with Gasteiger partial charge in [0, 0.05) is 31.1 Å². The molecule has 198 valence electrons. The fraction of sp³-hybridized carbons (Fsp3) is 0.308. The summed E-state index contributed by atoms with van der Waals surface area (Å²) >= 11 is 0. The molecule has 1 unspecified atom stereocenters. The molecule has 11 nitrogen and oxygen atoms in total. The lowest BCUT2D eigenvalue weighted by atomic mass is 10.1. The number of aromatic nitrogens is 2. The predicted molar refractivity (Wildman–Crippen MR) is 142 cm³/mol. The number of carboxylic acids is 1. The average Bonchev–Trinajstić information content (AvgIpc) is 2.90. The van der Waals surface area contributed by atoms with Crippen molar-refractivity contribution < 1.29 is 19.4 Å². The third kappa shape index (κ3) is 9.30. The maximum Gasteiger partial charge on any atom is 0.333 e. The molecule has 1 atom stereocenters. The second kappa shape index (κ2) is 14.9. The van der Waals surface area contributed by atoms with Crippen LogP contribution >= 0.6 is 0 Å². The van der Waals surface area contributed by atoms with E-state index in [0.717, 1.165) is 11.1 Å². The molecule has 1 heterocycles. The van der Waals surface area contributed by atoms with E-state index in [0.29, 0.717) is 43.4 Å². The summed E-state index contributed by atoms with van der Waals surface area (Å²) in [5.41, 5.74) is 11.7. The zero-order chi connectivity index (χ0) is 27.2. The van der Waals surface area contributed by atoms with Gasteiger partial charge in [-0.25, -0.2) is 9.78 Å². The highest BCUT2D eigenvalue weighted by Crippen LogP contribution is 2.16. The standard InChI is InChI=1S/C25H28N2O5.CH6N4/c1-3-23-26-21(19-8-6-5-7-9-19)17-24(28)27(23)14-15-32-20-12-10-18(11-13-20)16-22(25(29)30)31-4-2;2-1(3)5-4/h5-13,17,22H,3-4,14-16H2,1-2H3,(H,29,30);4H2,(H4,2,3,5). The van der Waals surface area contributed by atoms with E-state index in [-0.39, 0.29) is 17.9 Å². The van der Waals surface area contributed by atoms with Gasteiger partial charge in [-0.05, 0) is 24.6 Å². The third-order valence-corrected chi connectivity index (χ3v) is 5.19. The van der Waals surface area contributed by atoms with Gasteiger partial charge in [0.15, 0.2) is 6.10 Å². The van der Waals surface area contributed by atoms with Crippen LogP contribution in [0.15, 0.2) is 70.6 Å². The smallest absolute Gasteiger partial charge is 0.333 e. The van der Waals surface area contributed by atoms with Crippen molar-refractivity contribution in [2.45, 2.75) is 39.3 Å². The van der Waals surface area contributed by atoms with Crippen LogP contribution in [0.25, 0.3) is 11.3 Å². The average molecular weight is 511 g/mol. The van der Waals surface area contributed by atoms with Gasteiger partial charge in [-0.15, -0.1) is 5.10 Å². The first-order chi connectivity index (χ1) is 17.8. The van der Waals surface area contributed by atoms with Crippen LogP contribution in [-0.4, -0.2) is 45.9 Å². The van der Waals surface area contributed by atoms with Crippen LogP contribution in [0, 0.1) is 0 Å². The number of guanidine groups is 1. The zero-order valence-corrected chi connectivity index (χ0v) is 21.0. The number of rotatable bonds is 11. The molecular formula is C26H34N6O5. The zero-order valence-electron chi connectivity index (χ0n) is 21.0. The molecule has 0 saturated carbocycles. The topological polar surface area (TPSA) is 181 Å². The summed E-state index contributed by atoms with van der Waals surface area (Å²) in [6, 6.07) is 18.4. The minimum absolute atomic E-state index is 0.0926. The summed E-state index contributed by atoms with van der Waals surface area (Å²) in [4.78, 5) is 28.6. The maximum absolute atomic E-state index is 12.7. The van der Waals surface area contributed by atoms with Gasteiger partial charge < -0.3 is 31.9 Å². The van der Waals surface area contributed by atoms with E-state index in [1.54, 1.807) is 29.7 Å². The molecule has 0 radical (unpaired) electrons. The van der Waals surface area contributed by atoms with Crippen molar-refractivity contribution in [3.05, 3.63) is 82.4 Å². The van der Waals surface area contributed by atoms with Gasteiger partial charge in [0.05, 0.1) is 12.2 Å². The van der Waals surface area contributed by atoms with Gasteiger partial charge >= 0.3 is 5.97 Å². The molecule has 7 N–H and O–H groups in total. The first-order valence-electron chi connectivity index (χ1n) is 11.8. The molecule has 0 aliphatic heterocycles. The highest BCUT2D eigenvalue weighted by Gasteiger charge is 2.17. The van der Waals surface area contributed by atoms with E-state index < -0.39 is 12.1 Å². The molecule has 0 bridgehead atoms. The number of carboxylic acid groups (broad SMARTS) is 1. The molecule has 0 saturated heterocycles. The Balaban J connectivity index is 0.000000877. The molecule has 0 spiro atoms. The Morgan fingerprint density at radius 1 is 1.11 bits per heavy atom. The SMILES string of the molecule is CCOC(Cc1ccc(OCCn2c(CC)nc(-c3ccccc3)cc2=O)cc1)C(=O)O.NN=C(N)N. The van der Waals surface area contributed by atoms with Gasteiger partial charge in [-0.1, -0.05) is 49.4 Å². The summed E-state index contributed by atoms with van der Waals surface area (Å²) in [6.07, 6.45) is 0.0605. The molecule has 0 aliphatic rings. The van der Waals surface area contributed by atoms with E-state index in [9.17, 15) is 14.7 Å². The van der Waals surface area contributed by atoms with E-state index in [1.807, 2.05) is 49.4 Å². The number of hydrazone groups is 1. The maximum atomic E-state index is 12.7. The summed E-state index contributed by atoms with van der Waals surface area (Å²) in [7, 11) is 0. The van der Waals surface area contributed by atoms with E-state index in [2.05, 4.69) is 15.9 Å². The molecule has 0 amide bonds. The molecule has 37 heavy (non-hydrogen) atoms. The lowest BCUT2D eigenvalue weighted by Crippen LogP contribution is -2.27. The number of aliphatic carboxylic acids is 1. The Kier molecular flexibility index (Phi) is 11.6. The van der Waals surface area contributed by atoms with Crippen LogP contribution in [0.5, 0.6) is 5.75 Å². The molecule has 3 aromatic rings. The summed E-state index contributed by atoms with van der Waals surface area (Å²) < 4.78 is 12.7. The van der Waals surface area contributed by atoms with Crippen molar-refractivity contribution in [3.8, 4) is 17.0 Å². The largest absolute Gasteiger partial charge is 0.492 e. The third-order valence-electron chi connectivity index (χ3n) is 5.19. The number of benzene rings is 2. The van der Waals surface area contributed by atoms with Crippen molar-refractivity contribution >= 4 is 11.9 Å². The molecule has 2 aromatic carbocycles. The van der Waals surface area contributed by atoms with Crippen LogP contribution in [0.3, 0.4) is 0 Å². The fourth-order valence-corrected chi connectivity index (χ4v) is 3.43. The van der Waals surface area contributed by atoms with Crippen molar-refractivity contribution in [1.29, 1.82) is 0 Å². The summed E-state index contributed by atoms with van der Waals surface area (Å²) in [5, 5.41) is 12.1. The Bertz CT molecular complexity index is 1210. The number of aryl methyl sites for hydroxylation is 1.